The van der Waals surface area contributed by atoms with Crippen LogP contribution in [0, 0.1) is 0 Å². The van der Waals surface area contributed by atoms with Gasteiger partial charge in [0, 0.05) is 23.9 Å². The molecule has 0 saturated heterocycles. The van der Waals surface area contributed by atoms with Crippen LogP contribution in [0.5, 0.6) is 5.75 Å². The van der Waals surface area contributed by atoms with Gasteiger partial charge in [0.15, 0.2) is 11.4 Å². The molecule has 0 unspecified atom stereocenters. The number of nitrogens with one attached hydrogen (secondary N) is 1. The average Bonchev–Trinajstić information content (AvgIpc) is 3.29. The van der Waals surface area contributed by atoms with Gasteiger partial charge in [-0.1, -0.05) is 52.2 Å². The summed E-state index contributed by atoms with van der Waals surface area (Å²) in [7, 11) is -3.50. The second-order valence-corrected chi connectivity index (χ2v) is 11.9. The maximum Gasteiger partial charge on any atom is 0.229 e. The molecule has 1 heterocycles. The molecule has 0 spiro atoms. The van der Waals surface area contributed by atoms with Crippen LogP contribution in [0.15, 0.2) is 46.9 Å². The number of anilines is 1. The molecule has 214 valence electrons. The van der Waals surface area contributed by atoms with Gasteiger partial charge in [-0.2, -0.15) is 0 Å². The topological polar surface area (TPSA) is 88.8 Å². The van der Waals surface area contributed by atoms with Gasteiger partial charge >= 0.3 is 0 Å². The van der Waals surface area contributed by atoms with E-state index in [1.54, 1.807) is 30.3 Å². The quantitative estimate of drug-likeness (QED) is 0.133. The summed E-state index contributed by atoms with van der Waals surface area (Å²) in [5.41, 5.74) is 1.74. The lowest BCUT2D eigenvalue weighted by molar-refractivity contribution is 0.103. The highest BCUT2D eigenvalue weighted by Crippen LogP contribution is 2.34. The van der Waals surface area contributed by atoms with Crippen molar-refractivity contribution in [1.29, 1.82) is 0 Å². The summed E-state index contributed by atoms with van der Waals surface area (Å²) in [5, 5.41) is 0.607. The van der Waals surface area contributed by atoms with E-state index in [4.69, 9.17) is 9.15 Å². The van der Waals surface area contributed by atoms with Crippen LogP contribution >= 0.6 is 0 Å². The first-order chi connectivity index (χ1) is 18.8. The Morgan fingerprint density at radius 2 is 1.54 bits per heavy atom. The molecule has 0 aliphatic rings. The van der Waals surface area contributed by atoms with Crippen molar-refractivity contribution in [3.05, 3.63) is 59.4 Å². The molecule has 0 aliphatic heterocycles. The molecule has 39 heavy (non-hydrogen) atoms. The van der Waals surface area contributed by atoms with E-state index in [0.29, 0.717) is 46.6 Å². The molecular formula is C31H44N2O5S. The third-order valence-electron chi connectivity index (χ3n) is 6.73. The number of para-hydroxylation sites is 1. The van der Waals surface area contributed by atoms with Gasteiger partial charge in [-0.05, 0) is 69.1 Å². The summed E-state index contributed by atoms with van der Waals surface area (Å²) in [5.74, 6) is 1.17. The van der Waals surface area contributed by atoms with Crippen LogP contribution < -0.4 is 9.46 Å². The monoisotopic (exact) mass is 556 g/mol. The lowest BCUT2D eigenvalue weighted by atomic mass is 9.98. The molecular weight excluding hydrogens is 512 g/mol. The van der Waals surface area contributed by atoms with Gasteiger partial charge in [-0.25, -0.2) is 8.42 Å². The van der Waals surface area contributed by atoms with Gasteiger partial charge in [0.1, 0.15) is 11.5 Å². The zero-order valence-corrected chi connectivity index (χ0v) is 24.7. The van der Waals surface area contributed by atoms with Crippen molar-refractivity contribution in [1.82, 2.24) is 4.90 Å². The molecule has 0 bridgehead atoms. The van der Waals surface area contributed by atoms with Crippen LogP contribution in [0.25, 0.3) is 11.0 Å². The van der Waals surface area contributed by atoms with Crippen LogP contribution in [0.4, 0.5) is 5.69 Å². The van der Waals surface area contributed by atoms with Gasteiger partial charge < -0.3 is 14.1 Å². The van der Waals surface area contributed by atoms with Crippen LogP contribution in [0.2, 0.25) is 0 Å². The standard InChI is InChI=1S/C31H44N2O5S/c1-5-8-15-28-29(26-13-11-14-27(31(26)38-28)32-39(4,35)36)30(34)24-16-18-25(19-17-24)37-23-12-22-33(20-9-6-2)21-10-7-3/h11,13-14,16-19,32H,5-10,12,15,20-23H2,1-4H3. The van der Waals surface area contributed by atoms with Crippen LogP contribution in [0.1, 0.15) is 87.4 Å². The molecule has 0 aliphatic carbocycles. The first-order valence-corrected chi connectivity index (χ1v) is 16.2. The van der Waals surface area contributed by atoms with E-state index in [0.717, 1.165) is 50.9 Å². The fourth-order valence-electron chi connectivity index (χ4n) is 4.63. The number of sulfonamides is 1. The maximum atomic E-state index is 13.7. The molecule has 8 heteroatoms. The Morgan fingerprint density at radius 1 is 0.897 bits per heavy atom. The molecule has 0 atom stereocenters. The minimum absolute atomic E-state index is 0.148. The molecule has 0 fully saturated rings. The van der Waals surface area contributed by atoms with Crippen LogP contribution in [-0.2, 0) is 16.4 Å². The number of fused-ring (bicyclic) bond motifs is 1. The van der Waals surface area contributed by atoms with Gasteiger partial charge in [-0.15, -0.1) is 0 Å². The number of furan rings is 1. The number of benzene rings is 2. The van der Waals surface area contributed by atoms with Crippen molar-refractivity contribution in [2.45, 2.75) is 72.1 Å². The highest BCUT2D eigenvalue weighted by Gasteiger charge is 2.24. The molecule has 0 saturated carbocycles. The van der Waals surface area contributed by atoms with Gasteiger partial charge in [0.2, 0.25) is 10.0 Å². The summed E-state index contributed by atoms with van der Waals surface area (Å²) in [4.78, 5) is 16.2. The van der Waals surface area contributed by atoms with Gasteiger partial charge in [0.05, 0.1) is 24.1 Å². The fraction of sp³-hybridized carbons (Fsp3) is 0.516. The number of unbranched alkanes of at least 4 members (excludes halogenated alkanes) is 3. The molecule has 3 aromatic rings. The summed E-state index contributed by atoms with van der Waals surface area (Å²) in [6.07, 6.45) is 9.31. The first kappa shape index (κ1) is 30.7. The van der Waals surface area contributed by atoms with E-state index in [9.17, 15) is 13.2 Å². The number of ether oxygens (including phenoxy) is 1. The minimum Gasteiger partial charge on any atom is -0.494 e. The van der Waals surface area contributed by atoms with Crippen LogP contribution in [-0.4, -0.2) is 51.6 Å². The number of aryl methyl sites for hydroxylation is 1. The van der Waals surface area contributed by atoms with Gasteiger partial charge in [0.25, 0.3) is 0 Å². The van der Waals surface area contributed by atoms with Crippen LogP contribution in [0.3, 0.4) is 0 Å². The summed E-state index contributed by atoms with van der Waals surface area (Å²) in [6.45, 7) is 10.5. The molecule has 7 nitrogen and oxygen atoms in total. The van der Waals surface area contributed by atoms with Gasteiger partial charge in [-0.3, -0.25) is 9.52 Å². The Labute approximate surface area is 234 Å². The van der Waals surface area contributed by atoms with E-state index >= 15 is 0 Å². The van der Waals surface area contributed by atoms with E-state index in [1.807, 2.05) is 12.1 Å². The number of hydrogen-bond acceptors (Lipinski definition) is 6. The Bertz CT molecular complexity index is 1290. The molecule has 1 N–H and O–H groups in total. The Morgan fingerprint density at radius 3 is 2.15 bits per heavy atom. The van der Waals surface area contributed by atoms with Crippen molar-refractivity contribution in [2.24, 2.45) is 0 Å². The third kappa shape index (κ3) is 9.11. The number of nitrogens with zero attached hydrogens (tertiary/aromatic N) is 1. The number of ketones is 1. The van der Waals surface area contributed by atoms with E-state index < -0.39 is 10.0 Å². The zero-order valence-electron chi connectivity index (χ0n) is 23.9. The van der Waals surface area contributed by atoms with E-state index in [2.05, 4.69) is 30.4 Å². The summed E-state index contributed by atoms with van der Waals surface area (Å²) in [6, 6.07) is 12.4. The Balaban J connectivity index is 1.72. The third-order valence-corrected chi connectivity index (χ3v) is 7.32. The lowest BCUT2D eigenvalue weighted by Crippen LogP contribution is -2.28. The Kier molecular flexibility index (Phi) is 11.9. The average molecular weight is 557 g/mol. The SMILES string of the molecule is CCCCc1oc2c(NS(C)(=O)=O)cccc2c1C(=O)c1ccc(OCCCN(CCCC)CCCC)cc1. The second kappa shape index (κ2) is 15.1. The zero-order chi connectivity index (χ0) is 28.3. The minimum atomic E-state index is -3.50. The summed E-state index contributed by atoms with van der Waals surface area (Å²) >= 11 is 0. The molecule has 1 aromatic heterocycles. The first-order valence-electron chi connectivity index (χ1n) is 14.3. The largest absolute Gasteiger partial charge is 0.494 e. The van der Waals surface area contributed by atoms with E-state index in [1.165, 1.54) is 25.7 Å². The predicted octanol–water partition coefficient (Wildman–Crippen LogP) is 7.05. The highest BCUT2D eigenvalue weighted by atomic mass is 32.2. The number of rotatable bonds is 18. The second-order valence-electron chi connectivity index (χ2n) is 10.2. The van der Waals surface area contributed by atoms with E-state index in [-0.39, 0.29) is 5.78 Å². The Hall–Kier alpha value is -2.84. The predicted molar refractivity (Wildman–Crippen MR) is 160 cm³/mol. The van der Waals surface area contributed by atoms with Crippen molar-refractivity contribution >= 4 is 32.5 Å². The van der Waals surface area contributed by atoms with Crippen molar-refractivity contribution in [2.75, 3.05) is 37.2 Å². The van der Waals surface area contributed by atoms with Crippen molar-refractivity contribution in [3.63, 3.8) is 0 Å². The van der Waals surface area contributed by atoms with Crippen molar-refractivity contribution < 1.29 is 22.4 Å². The lowest BCUT2D eigenvalue weighted by Gasteiger charge is -2.21. The molecule has 0 amide bonds. The maximum absolute atomic E-state index is 13.7. The molecule has 0 radical (unpaired) electrons. The normalized spacial score (nSPS) is 11.8. The molecule has 2 aromatic carbocycles. The highest BCUT2D eigenvalue weighted by molar-refractivity contribution is 7.92. The number of carbonyl (C=O) groups is 1. The summed E-state index contributed by atoms with van der Waals surface area (Å²) < 4.78 is 38.3. The fourth-order valence-corrected chi connectivity index (χ4v) is 5.19. The number of hydrogen-bond donors (Lipinski definition) is 1. The number of carbonyl (C=O) groups excluding carboxylic acids is 1. The smallest absolute Gasteiger partial charge is 0.229 e. The molecule has 3 rings (SSSR count). The van der Waals surface area contributed by atoms with Crippen molar-refractivity contribution in [3.8, 4) is 5.75 Å².